The van der Waals surface area contributed by atoms with Crippen LogP contribution in [0.15, 0.2) is 29.2 Å². The van der Waals surface area contributed by atoms with Crippen molar-refractivity contribution in [3.63, 3.8) is 0 Å². The van der Waals surface area contributed by atoms with Gasteiger partial charge in [-0.1, -0.05) is 32.0 Å². The van der Waals surface area contributed by atoms with Crippen molar-refractivity contribution in [2.45, 2.75) is 62.9 Å². The summed E-state index contributed by atoms with van der Waals surface area (Å²) in [6, 6.07) is 7.82. The van der Waals surface area contributed by atoms with Crippen LogP contribution in [0.3, 0.4) is 0 Å². The molecule has 0 bridgehead atoms. The van der Waals surface area contributed by atoms with Crippen LogP contribution in [0.4, 0.5) is 0 Å². The summed E-state index contributed by atoms with van der Waals surface area (Å²) in [5, 5.41) is 3.48. The van der Waals surface area contributed by atoms with Crippen LogP contribution in [0.25, 0.3) is 0 Å². The van der Waals surface area contributed by atoms with Crippen LogP contribution in [0.5, 0.6) is 0 Å². The lowest BCUT2D eigenvalue weighted by Crippen LogP contribution is -2.32. The van der Waals surface area contributed by atoms with Crippen LogP contribution in [0, 0.1) is 0 Å². The van der Waals surface area contributed by atoms with Gasteiger partial charge in [0.1, 0.15) is 0 Å². The highest BCUT2D eigenvalue weighted by molar-refractivity contribution is 7.89. The summed E-state index contributed by atoms with van der Waals surface area (Å²) < 4.78 is 27.7. The van der Waals surface area contributed by atoms with Crippen LogP contribution in [0.2, 0.25) is 0 Å². The van der Waals surface area contributed by atoms with E-state index in [-0.39, 0.29) is 6.04 Å². The van der Waals surface area contributed by atoms with Crippen molar-refractivity contribution < 1.29 is 8.42 Å². The highest BCUT2D eigenvalue weighted by Crippen LogP contribution is 2.24. The molecule has 1 aromatic carbocycles. The van der Waals surface area contributed by atoms with Crippen LogP contribution in [0.1, 0.15) is 45.1 Å². The highest BCUT2D eigenvalue weighted by Gasteiger charge is 2.29. The summed E-state index contributed by atoms with van der Waals surface area (Å²) in [7, 11) is -3.38. The van der Waals surface area contributed by atoms with Crippen LogP contribution < -0.4 is 10.0 Å². The molecule has 5 heteroatoms. The number of nitrogens with one attached hydrogen (secondary N) is 2. The van der Waals surface area contributed by atoms with Gasteiger partial charge in [-0.3, -0.25) is 0 Å². The third-order valence-corrected chi connectivity index (χ3v) is 5.42. The van der Waals surface area contributed by atoms with Gasteiger partial charge in [-0.05, 0) is 50.3 Å². The van der Waals surface area contributed by atoms with Crippen LogP contribution in [-0.2, 0) is 16.4 Å². The molecule has 1 aliphatic carbocycles. The molecule has 1 saturated carbocycles. The Labute approximate surface area is 128 Å². The Hall–Kier alpha value is -0.910. The van der Waals surface area contributed by atoms with Crippen molar-refractivity contribution in [2.75, 3.05) is 6.54 Å². The molecular weight excluding hydrogens is 284 g/mol. The Balaban J connectivity index is 2.15. The molecule has 118 valence electrons. The van der Waals surface area contributed by atoms with E-state index in [1.807, 2.05) is 12.1 Å². The second-order valence-electron chi connectivity index (χ2n) is 5.77. The minimum Gasteiger partial charge on any atom is -0.314 e. The minimum atomic E-state index is -3.38. The van der Waals surface area contributed by atoms with Gasteiger partial charge < -0.3 is 5.32 Å². The van der Waals surface area contributed by atoms with E-state index in [4.69, 9.17) is 0 Å². The molecule has 0 radical (unpaired) electrons. The summed E-state index contributed by atoms with van der Waals surface area (Å²) in [6.07, 6.45) is 4.73. The molecule has 1 atom stereocenters. The summed E-state index contributed by atoms with van der Waals surface area (Å²) in [5.74, 6) is 0. The number of hydrogen-bond donors (Lipinski definition) is 2. The first kappa shape index (κ1) is 16.5. The third kappa shape index (κ3) is 4.80. The van der Waals surface area contributed by atoms with E-state index in [1.54, 1.807) is 12.1 Å². The van der Waals surface area contributed by atoms with Gasteiger partial charge in [0, 0.05) is 12.1 Å². The average molecular weight is 310 g/mol. The predicted octanol–water partition coefficient (Wildman–Crippen LogP) is 2.45. The SMILES string of the molecule is CCCNC(CC)Cc1ccccc1S(=O)(=O)NC1CC1. The largest absolute Gasteiger partial charge is 0.314 e. The van der Waals surface area contributed by atoms with Gasteiger partial charge in [-0.15, -0.1) is 0 Å². The lowest BCUT2D eigenvalue weighted by atomic mass is 10.0. The fourth-order valence-corrected chi connectivity index (χ4v) is 3.95. The van der Waals surface area contributed by atoms with E-state index in [1.165, 1.54) is 0 Å². The lowest BCUT2D eigenvalue weighted by Gasteiger charge is -2.18. The first-order valence-corrected chi connectivity index (χ1v) is 9.38. The second-order valence-corrected chi connectivity index (χ2v) is 7.45. The van der Waals surface area contributed by atoms with Gasteiger partial charge in [-0.25, -0.2) is 13.1 Å². The minimum absolute atomic E-state index is 0.142. The fourth-order valence-electron chi connectivity index (χ4n) is 2.39. The van der Waals surface area contributed by atoms with E-state index in [9.17, 15) is 8.42 Å². The number of rotatable bonds is 9. The number of hydrogen-bond acceptors (Lipinski definition) is 3. The van der Waals surface area contributed by atoms with E-state index in [0.717, 1.165) is 44.2 Å². The zero-order valence-corrected chi connectivity index (χ0v) is 13.7. The topological polar surface area (TPSA) is 58.2 Å². The number of benzene rings is 1. The zero-order valence-electron chi connectivity index (χ0n) is 12.9. The van der Waals surface area contributed by atoms with Crippen molar-refractivity contribution in [3.8, 4) is 0 Å². The Kier molecular flexibility index (Phi) is 5.79. The molecule has 0 saturated heterocycles. The molecular formula is C16H26N2O2S. The van der Waals surface area contributed by atoms with Crippen LogP contribution in [-0.4, -0.2) is 27.0 Å². The first-order valence-electron chi connectivity index (χ1n) is 7.90. The van der Waals surface area contributed by atoms with Gasteiger partial charge in [0.25, 0.3) is 0 Å². The summed E-state index contributed by atoms with van der Waals surface area (Å²) in [4.78, 5) is 0.439. The number of sulfonamides is 1. The molecule has 4 nitrogen and oxygen atoms in total. The van der Waals surface area contributed by atoms with Crippen molar-refractivity contribution in [1.29, 1.82) is 0 Å². The van der Waals surface area contributed by atoms with Gasteiger partial charge in [0.05, 0.1) is 4.90 Å². The van der Waals surface area contributed by atoms with Crippen molar-refractivity contribution in [3.05, 3.63) is 29.8 Å². The maximum Gasteiger partial charge on any atom is 0.241 e. The van der Waals surface area contributed by atoms with Gasteiger partial charge in [0.15, 0.2) is 0 Å². The summed E-state index contributed by atoms with van der Waals surface area (Å²) >= 11 is 0. The zero-order chi connectivity index (χ0) is 15.3. The Morgan fingerprint density at radius 2 is 1.95 bits per heavy atom. The molecule has 0 aromatic heterocycles. The lowest BCUT2D eigenvalue weighted by molar-refractivity contribution is 0.491. The first-order chi connectivity index (χ1) is 10.1. The Morgan fingerprint density at radius 3 is 2.57 bits per heavy atom. The molecule has 2 rings (SSSR count). The van der Waals surface area contributed by atoms with Gasteiger partial charge in [0.2, 0.25) is 10.0 Å². The molecule has 1 unspecified atom stereocenters. The standard InChI is InChI=1S/C16H26N2O2S/c1-3-11-17-14(4-2)12-13-7-5-6-8-16(13)21(19,20)18-15-9-10-15/h5-8,14-15,17-18H,3-4,9-12H2,1-2H3. The molecule has 2 N–H and O–H groups in total. The van der Waals surface area contributed by atoms with Crippen molar-refractivity contribution in [1.82, 2.24) is 10.0 Å². The van der Waals surface area contributed by atoms with Crippen molar-refractivity contribution >= 4 is 10.0 Å². The van der Waals surface area contributed by atoms with Crippen LogP contribution >= 0.6 is 0 Å². The van der Waals surface area contributed by atoms with Gasteiger partial charge >= 0.3 is 0 Å². The quantitative estimate of drug-likeness (QED) is 0.736. The Morgan fingerprint density at radius 1 is 1.24 bits per heavy atom. The van der Waals surface area contributed by atoms with E-state index >= 15 is 0 Å². The molecule has 1 aliphatic rings. The average Bonchev–Trinajstić information content (AvgIpc) is 3.27. The van der Waals surface area contributed by atoms with Crippen molar-refractivity contribution in [2.24, 2.45) is 0 Å². The summed E-state index contributed by atoms with van der Waals surface area (Å²) in [6.45, 7) is 5.23. The molecule has 0 amide bonds. The second kappa shape index (κ2) is 7.38. The molecule has 1 aromatic rings. The Bertz CT molecular complexity index is 553. The molecule has 21 heavy (non-hydrogen) atoms. The maximum absolute atomic E-state index is 12.5. The monoisotopic (exact) mass is 310 g/mol. The highest BCUT2D eigenvalue weighted by atomic mass is 32.2. The normalized spacial score (nSPS) is 16.9. The van der Waals surface area contributed by atoms with E-state index in [0.29, 0.717) is 10.9 Å². The predicted molar refractivity (Wildman–Crippen MR) is 85.9 cm³/mol. The molecule has 0 heterocycles. The van der Waals surface area contributed by atoms with Gasteiger partial charge in [-0.2, -0.15) is 0 Å². The fraction of sp³-hybridized carbons (Fsp3) is 0.625. The maximum atomic E-state index is 12.5. The molecule has 0 aliphatic heterocycles. The smallest absolute Gasteiger partial charge is 0.241 e. The van der Waals surface area contributed by atoms with E-state index in [2.05, 4.69) is 23.9 Å². The third-order valence-electron chi connectivity index (χ3n) is 3.80. The molecule has 0 spiro atoms. The molecule has 1 fully saturated rings. The summed E-state index contributed by atoms with van der Waals surface area (Å²) in [5.41, 5.74) is 0.904. The van der Waals surface area contributed by atoms with E-state index < -0.39 is 10.0 Å².